The number of benzene rings is 2. The number of piperidine rings is 1. The van der Waals surface area contributed by atoms with E-state index in [1.807, 2.05) is 0 Å². The number of likely N-dealkylation sites (N-methyl/N-ethyl adjacent to an activating group) is 1. The average molecular weight is 477 g/mol. The summed E-state index contributed by atoms with van der Waals surface area (Å²) < 4.78 is 92.5. The Bertz CT molecular complexity index is 957. The first-order chi connectivity index (χ1) is 15.3. The van der Waals surface area contributed by atoms with Crippen LogP contribution >= 0.6 is 0 Å². The molecule has 1 aliphatic rings. The van der Waals surface area contributed by atoms with Crippen molar-refractivity contribution in [2.24, 2.45) is 0 Å². The molecule has 0 aromatic heterocycles. The lowest BCUT2D eigenvalue weighted by Crippen LogP contribution is -2.52. The zero-order chi connectivity index (χ0) is 24.6. The number of rotatable bonds is 3. The van der Waals surface area contributed by atoms with Gasteiger partial charge < -0.3 is 10.2 Å². The van der Waals surface area contributed by atoms with Crippen molar-refractivity contribution in [3.8, 4) is 0 Å². The summed E-state index contributed by atoms with van der Waals surface area (Å²) in [6, 6.07) is 5.63. The summed E-state index contributed by atoms with van der Waals surface area (Å²) in [6.45, 7) is 1.03. The van der Waals surface area contributed by atoms with Gasteiger partial charge in [-0.15, -0.1) is 0 Å². The number of hydrogen-bond donors (Lipinski definition) is 1. The van der Waals surface area contributed by atoms with E-state index in [4.69, 9.17) is 0 Å². The third-order valence-corrected chi connectivity index (χ3v) is 5.79. The highest BCUT2D eigenvalue weighted by molar-refractivity contribution is 5.91. The molecule has 2 aromatic rings. The highest BCUT2D eigenvalue weighted by Crippen LogP contribution is 2.38. The van der Waals surface area contributed by atoms with Gasteiger partial charge in [0.25, 0.3) is 0 Å². The quantitative estimate of drug-likeness (QED) is 0.593. The number of hydrogen-bond acceptors (Lipinski definition) is 2. The lowest BCUT2D eigenvalue weighted by atomic mass is 9.86. The minimum atomic E-state index is -5.02. The summed E-state index contributed by atoms with van der Waals surface area (Å²) in [6.07, 6.45) is -9.54. The lowest BCUT2D eigenvalue weighted by Gasteiger charge is -2.40. The lowest BCUT2D eigenvalue weighted by molar-refractivity contribution is -0.143. The van der Waals surface area contributed by atoms with Gasteiger partial charge in [-0.3, -0.25) is 4.90 Å². The SMILES string of the molecule is CN(C(=O)N(C)[C@H]1CCNC[C@H]1c1ccc(F)cc1)c1cc(C(F)(F)F)cc(C(F)(F)F)c1. The highest BCUT2D eigenvalue weighted by Gasteiger charge is 2.38. The van der Waals surface area contributed by atoms with Crippen molar-refractivity contribution in [1.29, 1.82) is 0 Å². The van der Waals surface area contributed by atoms with Crippen LogP contribution in [0.4, 0.5) is 41.2 Å². The summed E-state index contributed by atoms with van der Waals surface area (Å²) in [5, 5.41) is 3.19. The van der Waals surface area contributed by atoms with Crippen molar-refractivity contribution in [1.82, 2.24) is 10.2 Å². The van der Waals surface area contributed by atoms with E-state index in [1.54, 1.807) is 12.1 Å². The average Bonchev–Trinajstić information content (AvgIpc) is 2.76. The maximum atomic E-state index is 13.3. The number of alkyl halides is 6. The molecule has 0 aliphatic carbocycles. The van der Waals surface area contributed by atoms with E-state index >= 15 is 0 Å². The van der Waals surface area contributed by atoms with Gasteiger partial charge in [-0.1, -0.05) is 12.1 Å². The van der Waals surface area contributed by atoms with Gasteiger partial charge in [0.2, 0.25) is 0 Å². The van der Waals surface area contributed by atoms with Crippen LogP contribution in [0.15, 0.2) is 42.5 Å². The van der Waals surface area contributed by atoms with Crippen molar-refractivity contribution in [2.45, 2.75) is 30.7 Å². The Balaban J connectivity index is 1.91. The molecule has 0 unspecified atom stereocenters. The van der Waals surface area contributed by atoms with Crippen LogP contribution in [0.1, 0.15) is 29.0 Å². The first kappa shape index (κ1) is 24.8. The van der Waals surface area contributed by atoms with E-state index in [0.29, 0.717) is 31.6 Å². The van der Waals surface area contributed by atoms with Gasteiger partial charge in [0.1, 0.15) is 5.82 Å². The fourth-order valence-corrected chi connectivity index (χ4v) is 3.98. The number of carbonyl (C=O) groups excluding carboxylic acids is 1. The molecule has 0 bridgehead atoms. The Hall–Kier alpha value is -2.82. The van der Waals surface area contributed by atoms with Gasteiger partial charge in [-0.05, 0) is 48.9 Å². The van der Waals surface area contributed by atoms with Crippen molar-refractivity contribution >= 4 is 11.7 Å². The second kappa shape index (κ2) is 9.20. The molecule has 180 valence electrons. The molecule has 1 heterocycles. The van der Waals surface area contributed by atoms with Crippen LogP contribution < -0.4 is 10.2 Å². The molecule has 2 atom stereocenters. The van der Waals surface area contributed by atoms with Crippen LogP contribution in [0.3, 0.4) is 0 Å². The standard InChI is InChI=1S/C22H22F7N3O/c1-31(17-10-14(21(24,25)26)9-15(11-17)22(27,28)29)20(33)32(2)19-7-8-30-12-18(19)13-3-5-16(23)6-4-13/h3-6,9-11,18-19,30H,7-8,12H2,1-2H3/t18-,19-/m0/s1. The number of anilines is 1. The first-order valence-electron chi connectivity index (χ1n) is 10.0. The number of halogens is 7. The Kier molecular flexibility index (Phi) is 6.92. The fraction of sp³-hybridized carbons (Fsp3) is 0.409. The van der Waals surface area contributed by atoms with Crippen LogP contribution in [0.25, 0.3) is 0 Å². The predicted octanol–water partition coefficient (Wildman–Crippen LogP) is 5.50. The monoisotopic (exact) mass is 477 g/mol. The third-order valence-electron chi connectivity index (χ3n) is 5.79. The van der Waals surface area contributed by atoms with E-state index in [9.17, 15) is 35.5 Å². The zero-order valence-electron chi connectivity index (χ0n) is 17.8. The van der Waals surface area contributed by atoms with Gasteiger partial charge in [0.05, 0.1) is 11.1 Å². The molecule has 4 nitrogen and oxygen atoms in total. The van der Waals surface area contributed by atoms with E-state index in [2.05, 4.69) is 5.32 Å². The van der Waals surface area contributed by atoms with Crippen LogP contribution in [0, 0.1) is 5.82 Å². The first-order valence-corrected chi connectivity index (χ1v) is 10.0. The largest absolute Gasteiger partial charge is 0.416 e. The van der Waals surface area contributed by atoms with Gasteiger partial charge in [0.15, 0.2) is 0 Å². The number of urea groups is 1. The van der Waals surface area contributed by atoms with Crippen molar-refractivity contribution in [3.05, 3.63) is 65.0 Å². The summed E-state index contributed by atoms with van der Waals surface area (Å²) in [5.74, 6) is -0.665. The number of amides is 2. The van der Waals surface area contributed by atoms with Gasteiger partial charge in [0, 0.05) is 38.3 Å². The molecular weight excluding hydrogens is 455 g/mol. The Labute approximate surface area is 186 Å². The molecule has 1 aliphatic heterocycles. The molecule has 0 saturated carbocycles. The molecule has 1 fully saturated rings. The van der Waals surface area contributed by atoms with Crippen LogP contribution in [-0.2, 0) is 12.4 Å². The maximum absolute atomic E-state index is 13.3. The number of carbonyl (C=O) groups is 1. The zero-order valence-corrected chi connectivity index (χ0v) is 17.8. The van der Waals surface area contributed by atoms with Gasteiger partial charge >= 0.3 is 18.4 Å². The molecule has 1 N–H and O–H groups in total. The van der Waals surface area contributed by atoms with Crippen LogP contribution in [0.2, 0.25) is 0 Å². The normalized spacial score (nSPS) is 19.3. The molecule has 0 spiro atoms. The van der Waals surface area contributed by atoms with Crippen molar-refractivity contribution in [2.75, 3.05) is 32.1 Å². The molecule has 11 heteroatoms. The van der Waals surface area contributed by atoms with Crippen LogP contribution in [-0.4, -0.2) is 44.2 Å². The Morgan fingerprint density at radius 3 is 2.00 bits per heavy atom. The number of nitrogens with zero attached hydrogens (tertiary/aromatic N) is 2. The second-order valence-corrected chi connectivity index (χ2v) is 7.93. The smallest absolute Gasteiger partial charge is 0.324 e. The Morgan fingerprint density at radius 1 is 0.939 bits per heavy atom. The van der Waals surface area contributed by atoms with Gasteiger partial charge in [-0.2, -0.15) is 26.3 Å². The fourth-order valence-electron chi connectivity index (χ4n) is 3.98. The molecule has 2 aromatic carbocycles. The van der Waals surface area contributed by atoms with Crippen LogP contribution in [0.5, 0.6) is 0 Å². The topological polar surface area (TPSA) is 35.6 Å². The molecule has 33 heavy (non-hydrogen) atoms. The molecular formula is C22H22F7N3O. The van der Waals surface area contributed by atoms with E-state index in [0.717, 1.165) is 17.5 Å². The number of nitrogens with one attached hydrogen (secondary N) is 1. The molecule has 0 radical (unpaired) electrons. The highest BCUT2D eigenvalue weighted by atomic mass is 19.4. The van der Waals surface area contributed by atoms with E-state index < -0.39 is 47.1 Å². The van der Waals surface area contributed by atoms with E-state index in [-0.39, 0.29) is 12.0 Å². The second-order valence-electron chi connectivity index (χ2n) is 7.93. The van der Waals surface area contributed by atoms with Crippen molar-refractivity contribution < 1.29 is 35.5 Å². The van der Waals surface area contributed by atoms with Crippen molar-refractivity contribution in [3.63, 3.8) is 0 Å². The summed E-state index contributed by atoms with van der Waals surface area (Å²) >= 11 is 0. The molecule has 1 saturated heterocycles. The summed E-state index contributed by atoms with van der Waals surface area (Å²) in [4.78, 5) is 15.2. The van der Waals surface area contributed by atoms with Gasteiger partial charge in [-0.25, -0.2) is 9.18 Å². The minimum absolute atomic E-state index is 0.0168. The molecule has 3 rings (SSSR count). The van der Waals surface area contributed by atoms with E-state index in [1.165, 1.54) is 24.1 Å². The molecule has 2 amide bonds. The maximum Gasteiger partial charge on any atom is 0.416 e. The third kappa shape index (κ3) is 5.58. The Morgan fingerprint density at radius 2 is 1.48 bits per heavy atom. The summed E-state index contributed by atoms with van der Waals surface area (Å²) in [5.41, 5.74) is -2.77. The summed E-state index contributed by atoms with van der Waals surface area (Å²) in [7, 11) is 2.58. The predicted molar refractivity (Wildman–Crippen MR) is 108 cm³/mol. The minimum Gasteiger partial charge on any atom is -0.324 e.